The van der Waals surface area contributed by atoms with E-state index >= 15 is 0 Å². The first kappa shape index (κ1) is 22.8. The van der Waals surface area contributed by atoms with E-state index in [2.05, 4.69) is 58.7 Å². The highest BCUT2D eigenvalue weighted by Gasteiger charge is 2.41. The van der Waals surface area contributed by atoms with Crippen LogP contribution in [0.1, 0.15) is 46.7 Å². The van der Waals surface area contributed by atoms with Crippen molar-refractivity contribution in [1.82, 2.24) is 19.8 Å². The van der Waals surface area contributed by atoms with Gasteiger partial charge in [0.25, 0.3) is 0 Å². The first-order valence-corrected chi connectivity index (χ1v) is 11.6. The maximum Gasteiger partial charge on any atom is 0.170 e. The minimum Gasteiger partial charge on any atom is -0.385 e. The van der Waals surface area contributed by atoms with Crippen LogP contribution in [0.25, 0.3) is 5.69 Å². The monoisotopic (exact) mass is 468 g/mol. The van der Waals surface area contributed by atoms with Gasteiger partial charge in [-0.05, 0) is 80.9 Å². The van der Waals surface area contributed by atoms with Crippen molar-refractivity contribution in [2.45, 2.75) is 39.3 Å². The van der Waals surface area contributed by atoms with Crippen LogP contribution in [0.4, 0.5) is 0 Å². The Morgan fingerprint density at radius 2 is 1.97 bits per heavy atom. The molecule has 5 nitrogen and oxygen atoms in total. The van der Waals surface area contributed by atoms with Gasteiger partial charge in [-0.1, -0.05) is 23.7 Å². The molecule has 4 rings (SSSR count). The van der Waals surface area contributed by atoms with E-state index in [1.807, 2.05) is 30.5 Å². The first-order valence-electron chi connectivity index (χ1n) is 10.8. The second-order valence-corrected chi connectivity index (χ2v) is 9.08. The van der Waals surface area contributed by atoms with Gasteiger partial charge in [0.05, 0.1) is 17.8 Å². The van der Waals surface area contributed by atoms with Crippen molar-refractivity contribution in [3.8, 4) is 5.69 Å². The molecule has 2 aromatic heterocycles. The van der Waals surface area contributed by atoms with Gasteiger partial charge in [-0.15, -0.1) is 0 Å². The van der Waals surface area contributed by atoms with Crippen LogP contribution in [0, 0.1) is 20.8 Å². The summed E-state index contributed by atoms with van der Waals surface area (Å²) in [5.41, 5.74) is 6.85. The largest absolute Gasteiger partial charge is 0.385 e. The second-order valence-electron chi connectivity index (χ2n) is 8.26. The molecule has 3 aromatic rings. The van der Waals surface area contributed by atoms with E-state index in [1.54, 1.807) is 7.11 Å². The average Bonchev–Trinajstić information content (AvgIpc) is 3.26. The lowest BCUT2D eigenvalue weighted by Crippen LogP contribution is -2.31. The van der Waals surface area contributed by atoms with Crippen LogP contribution < -0.4 is 5.32 Å². The minimum absolute atomic E-state index is 0.0272. The zero-order valence-corrected chi connectivity index (χ0v) is 20.5. The lowest BCUT2D eigenvalue weighted by molar-refractivity contribution is 0.180. The molecule has 0 radical (unpaired) electrons. The molecule has 0 spiro atoms. The van der Waals surface area contributed by atoms with Crippen molar-refractivity contribution in [3.05, 3.63) is 81.9 Å². The zero-order chi connectivity index (χ0) is 22.8. The van der Waals surface area contributed by atoms with Gasteiger partial charge in [-0.3, -0.25) is 4.98 Å². The van der Waals surface area contributed by atoms with Gasteiger partial charge in [0.1, 0.15) is 0 Å². The third kappa shape index (κ3) is 4.27. The van der Waals surface area contributed by atoms with Crippen LogP contribution in [-0.4, -0.2) is 39.8 Å². The number of aryl methyl sites for hydroxylation is 2. The van der Waals surface area contributed by atoms with Gasteiger partial charge in [-0.2, -0.15) is 0 Å². The number of nitrogens with zero attached hydrogens (tertiary/aromatic N) is 3. The minimum atomic E-state index is -0.0272. The number of thiocarbonyl (C=S) groups is 1. The summed E-state index contributed by atoms with van der Waals surface area (Å²) in [6, 6.07) is 14.3. The van der Waals surface area contributed by atoms with Crippen molar-refractivity contribution in [1.29, 1.82) is 0 Å². The molecule has 32 heavy (non-hydrogen) atoms. The smallest absolute Gasteiger partial charge is 0.170 e. The Labute approximate surface area is 200 Å². The van der Waals surface area contributed by atoms with Crippen LogP contribution in [0.3, 0.4) is 0 Å². The number of nitrogens with one attached hydrogen (secondary N) is 1. The zero-order valence-electron chi connectivity index (χ0n) is 18.9. The summed E-state index contributed by atoms with van der Waals surface area (Å²) in [5.74, 6) is 0. The van der Waals surface area contributed by atoms with Crippen LogP contribution in [0.15, 0.2) is 48.7 Å². The van der Waals surface area contributed by atoms with Crippen LogP contribution in [0.5, 0.6) is 0 Å². The third-order valence-corrected chi connectivity index (χ3v) is 6.73. The number of methoxy groups -OCH3 is 1. The summed E-state index contributed by atoms with van der Waals surface area (Å²) in [6.45, 7) is 7.94. The molecule has 1 aliphatic rings. The van der Waals surface area contributed by atoms with Gasteiger partial charge in [-0.25, -0.2) is 0 Å². The van der Waals surface area contributed by atoms with E-state index in [9.17, 15) is 0 Å². The van der Waals surface area contributed by atoms with Gasteiger partial charge < -0.3 is 19.5 Å². The van der Waals surface area contributed by atoms with E-state index in [-0.39, 0.29) is 12.1 Å². The van der Waals surface area contributed by atoms with Crippen molar-refractivity contribution < 1.29 is 4.74 Å². The topological polar surface area (TPSA) is 42.3 Å². The molecule has 1 fully saturated rings. The molecular formula is C25H29ClN4OS. The normalized spacial score (nSPS) is 18.3. The van der Waals surface area contributed by atoms with E-state index in [4.69, 9.17) is 28.6 Å². The summed E-state index contributed by atoms with van der Waals surface area (Å²) >= 11 is 12.1. The quantitative estimate of drug-likeness (QED) is 0.368. The number of benzene rings is 1. The fraction of sp³-hybridized carbons (Fsp3) is 0.360. The molecule has 3 heterocycles. The summed E-state index contributed by atoms with van der Waals surface area (Å²) in [4.78, 5) is 6.93. The number of ether oxygens (including phenoxy) is 1. The molecule has 1 aromatic carbocycles. The van der Waals surface area contributed by atoms with Gasteiger partial charge in [0, 0.05) is 48.6 Å². The van der Waals surface area contributed by atoms with Gasteiger partial charge >= 0.3 is 0 Å². The van der Waals surface area contributed by atoms with E-state index in [1.165, 1.54) is 16.8 Å². The first-order chi connectivity index (χ1) is 15.4. The lowest BCUT2D eigenvalue weighted by Gasteiger charge is -2.28. The molecule has 1 aliphatic heterocycles. The molecule has 0 unspecified atom stereocenters. The number of pyridine rings is 1. The molecule has 2 atom stereocenters. The fourth-order valence-corrected chi connectivity index (χ4v) is 5.14. The van der Waals surface area contributed by atoms with Gasteiger partial charge in [0.15, 0.2) is 5.11 Å². The standard InChI is InChI=1S/C25H29ClN4OS/c1-16-9-10-19(26)15-22(16)30-17(2)14-20(18(30)3)24-23(21-8-5-6-11-27-21)28-25(32)29(24)12-7-13-31-4/h5-6,8-11,14-15,23-24H,7,12-13H2,1-4H3,(H,28,32)/t23-,24+/m1/s1. The summed E-state index contributed by atoms with van der Waals surface area (Å²) in [7, 11) is 1.73. The van der Waals surface area contributed by atoms with Gasteiger partial charge in [0.2, 0.25) is 0 Å². The Hall–Kier alpha value is -2.41. The molecule has 0 amide bonds. The Bertz CT molecular complexity index is 1110. The predicted octanol–water partition coefficient (Wildman–Crippen LogP) is 5.46. The Kier molecular flexibility index (Phi) is 6.84. The SMILES string of the molecule is COCCCN1C(=S)N[C@H](c2ccccn2)[C@@H]1c1cc(C)n(-c2cc(Cl)ccc2C)c1C. The maximum atomic E-state index is 6.35. The number of rotatable bonds is 7. The van der Waals surface area contributed by atoms with Crippen molar-refractivity contribution in [3.63, 3.8) is 0 Å². The lowest BCUT2D eigenvalue weighted by atomic mass is 9.96. The highest BCUT2D eigenvalue weighted by Crippen LogP contribution is 2.41. The molecule has 0 bridgehead atoms. The highest BCUT2D eigenvalue weighted by molar-refractivity contribution is 7.80. The summed E-state index contributed by atoms with van der Waals surface area (Å²) in [6.07, 6.45) is 2.74. The Morgan fingerprint density at radius 1 is 1.16 bits per heavy atom. The van der Waals surface area contributed by atoms with Crippen molar-refractivity contribution in [2.24, 2.45) is 0 Å². The number of halogens is 1. The number of hydrogen-bond acceptors (Lipinski definition) is 3. The van der Waals surface area contributed by atoms with Crippen molar-refractivity contribution in [2.75, 3.05) is 20.3 Å². The van der Waals surface area contributed by atoms with Crippen LogP contribution in [-0.2, 0) is 4.74 Å². The fourth-order valence-electron chi connectivity index (χ4n) is 4.65. The molecule has 0 saturated carbocycles. The molecule has 1 N–H and O–H groups in total. The van der Waals surface area contributed by atoms with E-state index in [0.717, 1.165) is 40.2 Å². The molecule has 0 aliphatic carbocycles. The molecule has 168 valence electrons. The third-order valence-electron chi connectivity index (χ3n) is 6.15. The number of hydrogen-bond donors (Lipinski definition) is 1. The maximum absolute atomic E-state index is 6.35. The second kappa shape index (κ2) is 9.61. The Morgan fingerprint density at radius 3 is 2.69 bits per heavy atom. The molecule has 7 heteroatoms. The molecular weight excluding hydrogens is 440 g/mol. The average molecular weight is 469 g/mol. The van der Waals surface area contributed by atoms with E-state index in [0.29, 0.717) is 6.61 Å². The van der Waals surface area contributed by atoms with E-state index < -0.39 is 0 Å². The van der Waals surface area contributed by atoms with Crippen LogP contribution >= 0.6 is 23.8 Å². The number of aromatic nitrogens is 2. The summed E-state index contributed by atoms with van der Waals surface area (Å²) < 4.78 is 7.59. The predicted molar refractivity (Wildman–Crippen MR) is 134 cm³/mol. The molecule has 1 saturated heterocycles. The van der Waals surface area contributed by atoms with Crippen LogP contribution in [0.2, 0.25) is 5.02 Å². The van der Waals surface area contributed by atoms with Crippen molar-refractivity contribution >= 4 is 28.9 Å². The Balaban J connectivity index is 1.81. The highest BCUT2D eigenvalue weighted by atomic mass is 35.5. The summed E-state index contributed by atoms with van der Waals surface area (Å²) in [5, 5.41) is 5.02.